The number of aromatic nitrogens is 3. The number of carboxylic acid groups (broad SMARTS) is 1. The molecule has 4 rings (SSSR count). The fourth-order valence-corrected chi connectivity index (χ4v) is 3.03. The van der Waals surface area contributed by atoms with Gasteiger partial charge in [-0.15, -0.1) is 0 Å². The predicted octanol–water partition coefficient (Wildman–Crippen LogP) is 5.10. The van der Waals surface area contributed by atoms with Crippen LogP contribution in [0.25, 0.3) is 11.0 Å². The number of hydrogen-bond donors (Lipinski definition) is 2. The van der Waals surface area contributed by atoms with Crippen LogP contribution in [0.5, 0.6) is 11.5 Å². The van der Waals surface area contributed by atoms with Crippen molar-refractivity contribution in [3.05, 3.63) is 70.7 Å². The van der Waals surface area contributed by atoms with Crippen LogP contribution in [0.4, 0.5) is 16.0 Å². The van der Waals surface area contributed by atoms with Crippen molar-refractivity contribution in [2.75, 3.05) is 5.32 Å². The average molecular weight is 457 g/mol. The molecule has 2 heterocycles. The summed E-state index contributed by atoms with van der Waals surface area (Å²) in [5.41, 5.74) is 1.98. The summed E-state index contributed by atoms with van der Waals surface area (Å²) in [5, 5.41) is 12.1. The first kappa shape index (κ1) is 18.9. The molecule has 9 heteroatoms. The number of pyridine rings is 1. The Balaban J connectivity index is 1.62. The molecule has 7 nitrogen and oxygen atoms in total. The number of nitrogens with one attached hydrogen (secondary N) is 1. The molecule has 2 aromatic heterocycles. The van der Waals surface area contributed by atoms with E-state index in [4.69, 9.17) is 9.84 Å². The van der Waals surface area contributed by atoms with Crippen LogP contribution >= 0.6 is 15.9 Å². The molecule has 29 heavy (non-hydrogen) atoms. The summed E-state index contributed by atoms with van der Waals surface area (Å²) in [4.78, 5) is 19.3. The smallest absolute Gasteiger partial charge is 0.354 e. The number of halogens is 2. The molecule has 0 amide bonds. The lowest BCUT2D eigenvalue weighted by Gasteiger charge is -2.07. The van der Waals surface area contributed by atoms with Crippen molar-refractivity contribution >= 4 is 44.6 Å². The van der Waals surface area contributed by atoms with E-state index in [1.807, 2.05) is 17.7 Å². The van der Waals surface area contributed by atoms with Crippen molar-refractivity contribution in [1.82, 2.24) is 14.5 Å². The van der Waals surface area contributed by atoms with Crippen molar-refractivity contribution in [2.24, 2.45) is 7.05 Å². The van der Waals surface area contributed by atoms with E-state index in [-0.39, 0.29) is 11.5 Å². The van der Waals surface area contributed by atoms with Crippen LogP contribution in [-0.2, 0) is 7.05 Å². The zero-order valence-electron chi connectivity index (χ0n) is 15.1. The standard InChI is InChI=1S/C20H14BrFN4O3/c1-26-18-5-3-12(29-13-6-7-23-17(10-13)19(27)28)9-16(18)25-20(26)24-11-2-4-14(21)15(22)8-11/h2-10H,1H3,(H,24,25)(H,27,28). The Kier molecular flexibility index (Phi) is 4.89. The quantitative estimate of drug-likeness (QED) is 0.433. The third-order valence-electron chi connectivity index (χ3n) is 4.21. The summed E-state index contributed by atoms with van der Waals surface area (Å²) in [6, 6.07) is 13.0. The van der Waals surface area contributed by atoms with Gasteiger partial charge >= 0.3 is 5.97 Å². The van der Waals surface area contributed by atoms with Gasteiger partial charge in [0.2, 0.25) is 5.95 Å². The van der Waals surface area contributed by atoms with E-state index >= 15 is 0 Å². The van der Waals surface area contributed by atoms with Gasteiger partial charge in [-0.25, -0.2) is 19.2 Å². The Morgan fingerprint density at radius 3 is 2.72 bits per heavy atom. The van der Waals surface area contributed by atoms with E-state index in [1.165, 1.54) is 18.3 Å². The van der Waals surface area contributed by atoms with Gasteiger partial charge < -0.3 is 19.7 Å². The maximum Gasteiger partial charge on any atom is 0.354 e. The molecule has 0 aliphatic rings. The molecule has 2 aromatic carbocycles. The molecule has 2 N–H and O–H groups in total. The van der Waals surface area contributed by atoms with Crippen LogP contribution in [0.1, 0.15) is 10.5 Å². The molecular formula is C20H14BrFN4O3. The summed E-state index contributed by atoms with van der Waals surface area (Å²) in [6.07, 6.45) is 1.37. The number of ether oxygens (including phenoxy) is 1. The minimum absolute atomic E-state index is 0.102. The molecular weight excluding hydrogens is 443 g/mol. The number of carboxylic acids is 1. The first-order valence-electron chi connectivity index (χ1n) is 8.46. The molecule has 0 saturated heterocycles. The number of benzene rings is 2. The fraction of sp³-hybridized carbons (Fsp3) is 0.0500. The number of fused-ring (bicyclic) bond motifs is 1. The molecule has 0 spiro atoms. The zero-order valence-corrected chi connectivity index (χ0v) is 16.6. The van der Waals surface area contributed by atoms with Crippen molar-refractivity contribution in [2.45, 2.75) is 0 Å². The highest BCUT2D eigenvalue weighted by Crippen LogP contribution is 2.29. The van der Waals surface area contributed by atoms with E-state index in [2.05, 4.69) is 31.2 Å². The first-order valence-corrected chi connectivity index (χ1v) is 9.26. The lowest BCUT2D eigenvalue weighted by molar-refractivity contribution is 0.0690. The molecule has 0 aliphatic carbocycles. The molecule has 4 aromatic rings. The summed E-state index contributed by atoms with van der Waals surface area (Å²) >= 11 is 3.13. The van der Waals surface area contributed by atoms with Crippen LogP contribution in [0.15, 0.2) is 59.2 Å². The largest absolute Gasteiger partial charge is 0.477 e. The Bertz CT molecular complexity index is 1240. The normalized spacial score (nSPS) is 10.9. The molecule has 0 fully saturated rings. The van der Waals surface area contributed by atoms with Crippen molar-refractivity contribution < 1.29 is 19.0 Å². The van der Waals surface area contributed by atoms with Gasteiger partial charge in [-0.1, -0.05) is 0 Å². The fourth-order valence-electron chi connectivity index (χ4n) is 2.79. The number of aryl methyl sites for hydroxylation is 1. The molecule has 0 atom stereocenters. The van der Waals surface area contributed by atoms with Crippen molar-refractivity contribution in [3.63, 3.8) is 0 Å². The number of nitrogens with zero attached hydrogens (tertiary/aromatic N) is 3. The summed E-state index contributed by atoms with van der Waals surface area (Å²) in [6.45, 7) is 0. The van der Waals surface area contributed by atoms with Crippen molar-refractivity contribution in [1.29, 1.82) is 0 Å². The van der Waals surface area contributed by atoms with Crippen molar-refractivity contribution in [3.8, 4) is 11.5 Å². The lowest BCUT2D eigenvalue weighted by Crippen LogP contribution is -1.99. The topological polar surface area (TPSA) is 89.3 Å². The van der Waals surface area contributed by atoms with Crippen LogP contribution < -0.4 is 10.1 Å². The third-order valence-corrected chi connectivity index (χ3v) is 4.86. The molecule has 0 saturated carbocycles. The number of hydrogen-bond acceptors (Lipinski definition) is 5. The zero-order chi connectivity index (χ0) is 20.5. The van der Waals surface area contributed by atoms with Gasteiger partial charge in [0.15, 0.2) is 5.69 Å². The van der Waals surface area contributed by atoms with E-state index in [1.54, 1.807) is 30.3 Å². The highest BCUT2D eigenvalue weighted by atomic mass is 79.9. The van der Waals surface area contributed by atoms with E-state index in [9.17, 15) is 9.18 Å². The van der Waals surface area contributed by atoms with Gasteiger partial charge in [-0.3, -0.25) is 0 Å². The summed E-state index contributed by atoms with van der Waals surface area (Å²) in [7, 11) is 1.84. The Morgan fingerprint density at radius 2 is 1.97 bits per heavy atom. The molecule has 146 valence electrons. The number of aromatic carboxylic acids is 1. The molecule has 0 unspecified atom stereocenters. The second kappa shape index (κ2) is 7.51. The molecule has 0 aliphatic heterocycles. The third kappa shape index (κ3) is 3.90. The van der Waals surface area contributed by atoms with Crippen LogP contribution in [0.3, 0.4) is 0 Å². The van der Waals surface area contributed by atoms with Gasteiger partial charge in [-0.05, 0) is 52.3 Å². The van der Waals surface area contributed by atoms with E-state index in [0.717, 1.165) is 5.52 Å². The highest BCUT2D eigenvalue weighted by molar-refractivity contribution is 9.10. The summed E-state index contributed by atoms with van der Waals surface area (Å²) < 4.78 is 21.7. The van der Waals surface area contributed by atoms with Gasteiger partial charge in [-0.2, -0.15) is 0 Å². The van der Waals surface area contributed by atoms with Crippen LogP contribution in [0.2, 0.25) is 0 Å². The second-order valence-corrected chi connectivity index (χ2v) is 7.04. The Morgan fingerprint density at radius 1 is 1.17 bits per heavy atom. The van der Waals surface area contributed by atoms with Crippen LogP contribution in [-0.4, -0.2) is 25.6 Å². The Hall–Kier alpha value is -3.46. The maximum atomic E-state index is 13.8. The molecule has 0 bridgehead atoms. The second-order valence-electron chi connectivity index (χ2n) is 6.18. The lowest BCUT2D eigenvalue weighted by atomic mass is 10.3. The van der Waals surface area contributed by atoms with Gasteiger partial charge in [0.25, 0.3) is 0 Å². The number of imidazole rings is 1. The van der Waals surface area contributed by atoms with Crippen LogP contribution in [0, 0.1) is 5.82 Å². The summed E-state index contributed by atoms with van der Waals surface area (Å²) in [5.74, 6) is -0.107. The minimum atomic E-state index is -1.13. The first-order chi connectivity index (χ1) is 13.9. The number of carbonyl (C=O) groups is 1. The van der Waals surface area contributed by atoms with Gasteiger partial charge in [0.05, 0.1) is 15.5 Å². The maximum absolute atomic E-state index is 13.8. The highest BCUT2D eigenvalue weighted by Gasteiger charge is 2.11. The number of anilines is 2. The monoisotopic (exact) mass is 456 g/mol. The predicted molar refractivity (Wildman–Crippen MR) is 109 cm³/mol. The molecule has 0 radical (unpaired) electrons. The average Bonchev–Trinajstić information content (AvgIpc) is 3.00. The number of rotatable bonds is 5. The van der Waals surface area contributed by atoms with E-state index < -0.39 is 5.97 Å². The Labute approximate surface area is 172 Å². The minimum Gasteiger partial charge on any atom is -0.477 e. The SMILES string of the molecule is Cn1c(Nc2ccc(Br)c(F)c2)nc2cc(Oc3ccnc(C(=O)O)c3)ccc21. The van der Waals surface area contributed by atoms with E-state index in [0.29, 0.717) is 33.1 Å². The van der Waals surface area contributed by atoms with Gasteiger partial charge in [0, 0.05) is 31.1 Å². The van der Waals surface area contributed by atoms with Gasteiger partial charge in [0.1, 0.15) is 17.3 Å².